The summed E-state index contributed by atoms with van der Waals surface area (Å²) in [6, 6.07) is 8.34. The van der Waals surface area contributed by atoms with Gasteiger partial charge >= 0.3 is 0 Å². The second-order valence-electron chi connectivity index (χ2n) is 8.11. The number of halogens is 1. The van der Waals surface area contributed by atoms with E-state index in [2.05, 4.69) is 39.1 Å². The molecule has 32 heavy (non-hydrogen) atoms. The van der Waals surface area contributed by atoms with Gasteiger partial charge in [-0.05, 0) is 37.6 Å². The van der Waals surface area contributed by atoms with Crippen molar-refractivity contribution in [1.82, 2.24) is 20.0 Å². The molecule has 3 rings (SSSR count). The minimum Gasteiger partial charge on any atom is -0.497 e. The van der Waals surface area contributed by atoms with E-state index in [1.165, 1.54) is 5.69 Å². The van der Waals surface area contributed by atoms with Crippen LogP contribution in [0.15, 0.2) is 29.3 Å². The first kappa shape index (κ1) is 26.5. The highest BCUT2D eigenvalue weighted by atomic mass is 127. The van der Waals surface area contributed by atoms with Gasteiger partial charge in [0.15, 0.2) is 5.96 Å². The molecule has 0 aromatic heterocycles. The number of methoxy groups -OCH3 is 1. The van der Waals surface area contributed by atoms with Gasteiger partial charge in [0, 0.05) is 84.6 Å². The average molecular weight is 559 g/mol. The normalized spacial score (nSPS) is 17.7. The van der Waals surface area contributed by atoms with Gasteiger partial charge in [-0.2, -0.15) is 0 Å². The Morgan fingerprint density at radius 2 is 1.62 bits per heavy atom. The molecule has 9 heteroatoms. The van der Waals surface area contributed by atoms with Gasteiger partial charge < -0.3 is 24.8 Å². The fourth-order valence-corrected chi connectivity index (χ4v) is 4.16. The van der Waals surface area contributed by atoms with Crippen LogP contribution in [0.2, 0.25) is 0 Å². The topological polar surface area (TPSA) is 63.7 Å². The zero-order chi connectivity index (χ0) is 22.1. The molecule has 0 saturated carbocycles. The number of aliphatic imine (C=N–C) groups is 1. The van der Waals surface area contributed by atoms with E-state index < -0.39 is 0 Å². The zero-order valence-electron chi connectivity index (χ0n) is 19.8. The van der Waals surface area contributed by atoms with Crippen LogP contribution in [0.1, 0.15) is 20.3 Å². The van der Waals surface area contributed by atoms with Crippen LogP contribution in [0.3, 0.4) is 0 Å². The molecule has 0 radical (unpaired) electrons. The maximum Gasteiger partial charge on any atom is 0.219 e. The zero-order valence-corrected chi connectivity index (χ0v) is 22.1. The van der Waals surface area contributed by atoms with Crippen LogP contribution >= 0.6 is 24.0 Å². The molecule has 2 aliphatic rings. The number of piperazine rings is 2. The SMILES string of the molecule is CCNC(=NCCCN1CCN(c2ccc(OC)cc2)CC1)N1CCN(C(C)=O)CC1.I. The molecule has 2 heterocycles. The van der Waals surface area contributed by atoms with Crippen molar-refractivity contribution < 1.29 is 9.53 Å². The molecule has 1 aromatic carbocycles. The minimum absolute atomic E-state index is 0. The summed E-state index contributed by atoms with van der Waals surface area (Å²) in [6.07, 6.45) is 1.06. The van der Waals surface area contributed by atoms with E-state index in [9.17, 15) is 4.79 Å². The molecule has 2 aliphatic heterocycles. The van der Waals surface area contributed by atoms with Gasteiger partial charge in [-0.3, -0.25) is 14.7 Å². The summed E-state index contributed by atoms with van der Waals surface area (Å²) >= 11 is 0. The first-order chi connectivity index (χ1) is 15.1. The van der Waals surface area contributed by atoms with Crippen molar-refractivity contribution in [2.24, 2.45) is 4.99 Å². The third-order valence-corrected chi connectivity index (χ3v) is 6.06. The molecule has 1 N–H and O–H groups in total. The molecular formula is C23H39IN6O2. The number of amides is 1. The van der Waals surface area contributed by atoms with Crippen molar-refractivity contribution in [3.8, 4) is 5.75 Å². The number of rotatable bonds is 7. The lowest BCUT2D eigenvalue weighted by molar-refractivity contribution is -0.130. The summed E-state index contributed by atoms with van der Waals surface area (Å²) < 4.78 is 5.25. The van der Waals surface area contributed by atoms with Crippen molar-refractivity contribution in [1.29, 1.82) is 0 Å². The van der Waals surface area contributed by atoms with Gasteiger partial charge in [0.25, 0.3) is 0 Å². The molecule has 180 valence electrons. The summed E-state index contributed by atoms with van der Waals surface area (Å²) in [4.78, 5) is 25.5. The van der Waals surface area contributed by atoms with E-state index in [0.717, 1.165) is 90.1 Å². The van der Waals surface area contributed by atoms with E-state index in [1.807, 2.05) is 17.0 Å². The molecule has 2 saturated heterocycles. The van der Waals surface area contributed by atoms with Gasteiger partial charge in [0.05, 0.1) is 7.11 Å². The van der Waals surface area contributed by atoms with Crippen molar-refractivity contribution in [2.75, 3.05) is 84.0 Å². The predicted octanol–water partition coefficient (Wildman–Crippen LogP) is 1.95. The van der Waals surface area contributed by atoms with E-state index >= 15 is 0 Å². The highest BCUT2D eigenvalue weighted by Gasteiger charge is 2.21. The van der Waals surface area contributed by atoms with E-state index in [0.29, 0.717) is 0 Å². The summed E-state index contributed by atoms with van der Waals surface area (Å²) in [6.45, 7) is 14.0. The van der Waals surface area contributed by atoms with Crippen molar-refractivity contribution >= 4 is 41.5 Å². The van der Waals surface area contributed by atoms with Crippen LogP contribution < -0.4 is 15.0 Å². The molecule has 1 aromatic rings. The second-order valence-corrected chi connectivity index (χ2v) is 8.11. The number of benzene rings is 1. The highest BCUT2D eigenvalue weighted by Crippen LogP contribution is 2.20. The lowest BCUT2D eigenvalue weighted by Crippen LogP contribution is -2.53. The molecule has 0 spiro atoms. The van der Waals surface area contributed by atoms with Crippen LogP contribution in [0, 0.1) is 0 Å². The average Bonchev–Trinajstić information content (AvgIpc) is 2.81. The largest absolute Gasteiger partial charge is 0.497 e. The number of ether oxygens (including phenoxy) is 1. The smallest absolute Gasteiger partial charge is 0.219 e. The summed E-state index contributed by atoms with van der Waals surface area (Å²) in [5, 5.41) is 3.41. The third-order valence-electron chi connectivity index (χ3n) is 6.06. The summed E-state index contributed by atoms with van der Waals surface area (Å²) in [5.41, 5.74) is 1.27. The van der Waals surface area contributed by atoms with Gasteiger partial charge in [-0.15, -0.1) is 24.0 Å². The van der Waals surface area contributed by atoms with Crippen LogP contribution in [0.5, 0.6) is 5.75 Å². The lowest BCUT2D eigenvalue weighted by atomic mass is 10.2. The predicted molar refractivity (Wildman–Crippen MR) is 141 cm³/mol. The van der Waals surface area contributed by atoms with Gasteiger partial charge in [0.2, 0.25) is 5.91 Å². The van der Waals surface area contributed by atoms with Gasteiger partial charge in [0.1, 0.15) is 5.75 Å². The van der Waals surface area contributed by atoms with Crippen molar-refractivity contribution in [2.45, 2.75) is 20.3 Å². The second kappa shape index (κ2) is 13.7. The van der Waals surface area contributed by atoms with Crippen LogP contribution in [0.25, 0.3) is 0 Å². The number of guanidine groups is 1. The Hall–Kier alpha value is -1.75. The lowest BCUT2D eigenvalue weighted by Gasteiger charge is -2.36. The number of hydrogen-bond donors (Lipinski definition) is 1. The summed E-state index contributed by atoms with van der Waals surface area (Å²) in [5.74, 6) is 2.05. The van der Waals surface area contributed by atoms with Crippen LogP contribution in [0.4, 0.5) is 5.69 Å². The Morgan fingerprint density at radius 1 is 1.00 bits per heavy atom. The van der Waals surface area contributed by atoms with Crippen molar-refractivity contribution in [3.05, 3.63) is 24.3 Å². The quantitative estimate of drug-likeness (QED) is 0.239. The Balaban J connectivity index is 0.00000363. The fourth-order valence-electron chi connectivity index (χ4n) is 4.16. The van der Waals surface area contributed by atoms with E-state index in [4.69, 9.17) is 9.73 Å². The van der Waals surface area contributed by atoms with Gasteiger partial charge in [-0.1, -0.05) is 0 Å². The molecular weight excluding hydrogens is 519 g/mol. The fraction of sp³-hybridized carbons (Fsp3) is 0.652. The third kappa shape index (κ3) is 7.68. The molecule has 0 bridgehead atoms. The number of hydrogen-bond acceptors (Lipinski definition) is 5. The number of anilines is 1. The first-order valence-electron chi connectivity index (χ1n) is 11.5. The number of nitrogens with one attached hydrogen (secondary N) is 1. The molecule has 2 fully saturated rings. The van der Waals surface area contributed by atoms with E-state index in [-0.39, 0.29) is 29.9 Å². The van der Waals surface area contributed by atoms with Crippen LogP contribution in [-0.4, -0.2) is 106 Å². The monoisotopic (exact) mass is 558 g/mol. The maximum absolute atomic E-state index is 11.5. The molecule has 0 unspecified atom stereocenters. The van der Waals surface area contributed by atoms with Gasteiger partial charge in [-0.25, -0.2) is 0 Å². The molecule has 0 atom stereocenters. The Bertz CT molecular complexity index is 714. The Kier molecular flexibility index (Phi) is 11.4. The number of carbonyl (C=O) groups is 1. The molecule has 8 nitrogen and oxygen atoms in total. The maximum atomic E-state index is 11.5. The number of carbonyl (C=O) groups excluding carboxylic acids is 1. The minimum atomic E-state index is 0. The highest BCUT2D eigenvalue weighted by molar-refractivity contribution is 14.0. The van der Waals surface area contributed by atoms with Crippen LogP contribution in [-0.2, 0) is 4.79 Å². The first-order valence-corrected chi connectivity index (χ1v) is 11.5. The number of nitrogens with zero attached hydrogens (tertiary/aromatic N) is 5. The molecule has 0 aliphatic carbocycles. The van der Waals surface area contributed by atoms with E-state index in [1.54, 1.807) is 14.0 Å². The summed E-state index contributed by atoms with van der Waals surface area (Å²) in [7, 11) is 1.70. The molecule has 1 amide bonds. The Labute approximate surface area is 210 Å². The standard InChI is InChI=1S/C23H38N6O2.HI/c1-4-24-23(29-18-16-27(17-19-29)20(2)30)25-10-5-11-26-12-14-28(15-13-26)21-6-8-22(31-3)9-7-21;/h6-9H,4-5,10-19H2,1-3H3,(H,24,25);1H. The van der Waals surface area contributed by atoms with Crippen molar-refractivity contribution in [3.63, 3.8) is 0 Å². The Morgan fingerprint density at radius 3 is 2.19 bits per heavy atom.